The first-order chi connectivity index (χ1) is 14.8. The van der Waals surface area contributed by atoms with Crippen LogP contribution < -0.4 is 15.5 Å². The molecule has 1 fully saturated rings. The summed E-state index contributed by atoms with van der Waals surface area (Å²) in [5.74, 6) is 0.741. The van der Waals surface area contributed by atoms with Crippen molar-refractivity contribution in [3.05, 3.63) is 52.5 Å². The largest absolute Gasteiger partial charge is 0.416 e. The van der Waals surface area contributed by atoms with Crippen LogP contribution in [-0.4, -0.2) is 65.1 Å². The molecule has 1 saturated heterocycles. The normalized spacial score (nSPS) is 14.3. The first-order valence-electron chi connectivity index (χ1n) is 9.39. The lowest BCUT2D eigenvalue weighted by Crippen LogP contribution is -2.52. The van der Waals surface area contributed by atoms with Gasteiger partial charge < -0.3 is 20.4 Å². The van der Waals surface area contributed by atoms with Gasteiger partial charge in [-0.05, 0) is 12.1 Å². The molecule has 0 saturated carbocycles. The quantitative estimate of drug-likeness (QED) is 0.403. The summed E-state index contributed by atoms with van der Waals surface area (Å²) in [4.78, 5) is 34.4. The zero-order valence-electron chi connectivity index (χ0n) is 16.3. The first-order valence-corrected chi connectivity index (χ1v) is 9.39. The SMILES string of the molecule is O=C(NCCNc1ccc(C(F)(F)F)cc1[N+](=O)[O-])N1CCN(c2cnccn2)CC1. The average Bonchev–Trinajstić information content (AvgIpc) is 2.76. The Bertz CT molecular complexity index is 919. The number of aromatic nitrogens is 2. The lowest BCUT2D eigenvalue weighted by Gasteiger charge is -2.35. The number of piperazine rings is 1. The molecule has 1 aromatic heterocycles. The standard InChI is InChI=1S/C18H20F3N7O3/c19-18(20,21)13-1-2-14(15(11-13)28(30)31)23-5-6-25-17(29)27-9-7-26(8-10-27)16-12-22-3-4-24-16/h1-4,11-12,23H,5-10H2,(H,25,29). The molecule has 166 valence electrons. The number of hydrogen-bond donors (Lipinski definition) is 2. The third kappa shape index (κ3) is 5.71. The van der Waals surface area contributed by atoms with Crippen LogP contribution in [-0.2, 0) is 6.18 Å². The number of urea groups is 1. The van der Waals surface area contributed by atoms with Gasteiger partial charge in [0.25, 0.3) is 5.69 Å². The Morgan fingerprint density at radius 1 is 1.16 bits per heavy atom. The van der Waals surface area contributed by atoms with Gasteiger partial charge in [0.2, 0.25) is 0 Å². The minimum absolute atomic E-state index is 0.0511. The maximum absolute atomic E-state index is 12.8. The summed E-state index contributed by atoms with van der Waals surface area (Å²) in [5.41, 5.74) is -1.83. The van der Waals surface area contributed by atoms with Crippen LogP contribution in [0.1, 0.15) is 5.56 Å². The molecule has 3 rings (SSSR count). The van der Waals surface area contributed by atoms with Gasteiger partial charge in [0.15, 0.2) is 0 Å². The molecule has 2 heterocycles. The molecule has 1 aliphatic heterocycles. The highest BCUT2D eigenvalue weighted by Crippen LogP contribution is 2.34. The Labute approximate surface area is 175 Å². The molecule has 0 radical (unpaired) electrons. The van der Waals surface area contributed by atoms with Gasteiger partial charge in [0, 0.05) is 57.7 Å². The second-order valence-corrected chi connectivity index (χ2v) is 6.68. The van der Waals surface area contributed by atoms with E-state index in [9.17, 15) is 28.1 Å². The van der Waals surface area contributed by atoms with Crippen LogP contribution in [0, 0.1) is 10.1 Å². The Morgan fingerprint density at radius 2 is 1.90 bits per heavy atom. The van der Waals surface area contributed by atoms with Gasteiger partial charge in [-0.3, -0.25) is 15.1 Å². The van der Waals surface area contributed by atoms with Gasteiger partial charge in [0.1, 0.15) is 11.5 Å². The van der Waals surface area contributed by atoms with E-state index in [2.05, 4.69) is 20.6 Å². The van der Waals surface area contributed by atoms with E-state index in [4.69, 9.17) is 0 Å². The Kier molecular flexibility index (Phi) is 6.72. The Morgan fingerprint density at radius 3 is 2.52 bits per heavy atom. The summed E-state index contributed by atoms with van der Waals surface area (Å²) in [6.45, 7) is 2.42. The predicted octanol–water partition coefficient (Wildman–Crippen LogP) is 2.35. The number of nitro groups is 1. The lowest BCUT2D eigenvalue weighted by molar-refractivity contribution is -0.384. The van der Waals surface area contributed by atoms with Crippen LogP contribution >= 0.6 is 0 Å². The van der Waals surface area contributed by atoms with Crippen molar-refractivity contribution in [3.8, 4) is 0 Å². The molecule has 1 aromatic carbocycles. The van der Waals surface area contributed by atoms with Gasteiger partial charge >= 0.3 is 12.2 Å². The molecule has 0 bridgehead atoms. The smallest absolute Gasteiger partial charge is 0.378 e. The minimum Gasteiger partial charge on any atom is -0.378 e. The van der Waals surface area contributed by atoms with Crippen LogP contribution in [0.15, 0.2) is 36.8 Å². The van der Waals surface area contributed by atoms with E-state index < -0.39 is 22.4 Å². The number of alkyl halides is 3. The molecular weight excluding hydrogens is 419 g/mol. The number of nitrogens with zero attached hydrogens (tertiary/aromatic N) is 5. The van der Waals surface area contributed by atoms with Crippen molar-refractivity contribution in [3.63, 3.8) is 0 Å². The van der Waals surface area contributed by atoms with Crippen LogP contribution in [0.2, 0.25) is 0 Å². The molecule has 13 heteroatoms. The number of carbonyl (C=O) groups excluding carboxylic acids is 1. The maximum atomic E-state index is 12.8. The second-order valence-electron chi connectivity index (χ2n) is 6.68. The monoisotopic (exact) mass is 439 g/mol. The third-order valence-electron chi connectivity index (χ3n) is 4.68. The molecule has 2 aromatic rings. The summed E-state index contributed by atoms with van der Waals surface area (Å²) >= 11 is 0. The number of hydrogen-bond acceptors (Lipinski definition) is 7. The summed E-state index contributed by atoms with van der Waals surface area (Å²) < 4.78 is 38.3. The fourth-order valence-electron chi connectivity index (χ4n) is 3.08. The Hall–Kier alpha value is -3.64. The number of amides is 2. The van der Waals surface area contributed by atoms with Gasteiger partial charge in [0.05, 0.1) is 16.7 Å². The number of nitro benzene ring substituents is 1. The van der Waals surface area contributed by atoms with E-state index >= 15 is 0 Å². The lowest BCUT2D eigenvalue weighted by atomic mass is 10.1. The van der Waals surface area contributed by atoms with E-state index in [1.165, 1.54) is 0 Å². The number of benzene rings is 1. The van der Waals surface area contributed by atoms with Gasteiger partial charge in [-0.15, -0.1) is 0 Å². The summed E-state index contributed by atoms with van der Waals surface area (Å²) in [6, 6.07) is 1.97. The molecule has 0 spiro atoms. The van der Waals surface area contributed by atoms with E-state index in [-0.39, 0.29) is 24.8 Å². The van der Waals surface area contributed by atoms with Gasteiger partial charge in [-0.1, -0.05) is 0 Å². The molecule has 0 aliphatic carbocycles. The molecular formula is C18H20F3N7O3. The number of nitrogens with one attached hydrogen (secondary N) is 2. The highest BCUT2D eigenvalue weighted by atomic mass is 19.4. The fourth-order valence-corrected chi connectivity index (χ4v) is 3.08. The van der Waals surface area contributed by atoms with E-state index in [0.717, 1.165) is 18.0 Å². The number of carbonyl (C=O) groups is 1. The summed E-state index contributed by atoms with van der Waals surface area (Å²) in [7, 11) is 0. The number of anilines is 2. The molecule has 0 unspecified atom stereocenters. The van der Waals surface area contributed by atoms with Crippen LogP contribution in [0.4, 0.5) is 35.2 Å². The van der Waals surface area contributed by atoms with E-state index in [1.807, 2.05) is 4.90 Å². The van der Waals surface area contributed by atoms with Crippen LogP contribution in [0.25, 0.3) is 0 Å². The molecule has 10 nitrogen and oxygen atoms in total. The first kappa shape index (κ1) is 22.1. The van der Waals surface area contributed by atoms with Crippen LogP contribution in [0.3, 0.4) is 0 Å². The second kappa shape index (κ2) is 9.45. The minimum atomic E-state index is -4.67. The van der Waals surface area contributed by atoms with Crippen molar-refractivity contribution in [2.24, 2.45) is 0 Å². The molecule has 2 N–H and O–H groups in total. The zero-order chi connectivity index (χ0) is 22.4. The Balaban J connectivity index is 1.46. The molecule has 1 aliphatic rings. The van der Waals surface area contributed by atoms with Crippen molar-refractivity contribution < 1.29 is 22.9 Å². The van der Waals surface area contributed by atoms with Crippen molar-refractivity contribution >= 4 is 23.2 Å². The highest BCUT2D eigenvalue weighted by Gasteiger charge is 2.33. The molecule has 2 amide bonds. The van der Waals surface area contributed by atoms with Gasteiger partial charge in [-0.25, -0.2) is 9.78 Å². The zero-order valence-corrected chi connectivity index (χ0v) is 16.3. The highest BCUT2D eigenvalue weighted by molar-refractivity contribution is 5.74. The van der Waals surface area contributed by atoms with E-state index in [1.54, 1.807) is 23.5 Å². The van der Waals surface area contributed by atoms with Crippen molar-refractivity contribution in [1.82, 2.24) is 20.2 Å². The van der Waals surface area contributed by atoms with Gasteiger partial charge in [-0.2, -0.15) is 13.2 Å². The van der Waals surface area contributed by atoms with Crippen molar-refractivity contribution in [2.75, 3.05) is 49.5 Å². The predicted molar refractivity (Wildman–Crippen MR) is 106 cm³/mol. The van der Waals surface area contributed by atoms with Crippen molar-refractivity contribution in [2.45, 2.75) is 6.18 Å². The molecule has 31 heavy (non-hydrogen) atoms. The molecule has 0 atom stereocenters. The average molecular weight is 439 g/mol. The topological polar surface area (TPSA) is 117 Å². The number of halogens is 3. The van der Waals surface area contributed by atoms with Crippen molar-refractivity contribution in [1.29, 1.82) is 0 Å². The van der Waals surface area contributed by atoms with E-state index in [0.29, 0.717) is 32.2 Å². The van der Waals surface area contributed by atoms with Crippen LogP contribution in [0.5, 0.6) is 0 Å². The maximum Gasteiger partial charge on any atom is 0.416 e. The summed E-state index contributed by atoms with van der Waals surface area (Å²) in [5, 5.41) is 16.5. The summed E-state index contributed by atoms with van der Waals surface area (Å²) in [6.07, 6.45) is 0.166. The fraction of sp³-hybridized carbons (Fsp3) is 0.389. The third-order valence-corrected chi connectivity index (χ3v) is 4.68. The number of rotatable bonds is 6.